The van der Waals surface area contributed by atoms with Gasteiger partial charge in [0, 0.05) is 22.4 Å². The Kier molecular flexibility index (Phi) is 4.93. The third-order valence-corrected chi connectivity index (χ3v) is 4.92. The summed E-state index contributed by atoms with van der Waals surface area (Å²) in [6, 6.07) is 5.80. The summed E-state index contributed by atoms with van der Waals surface area (Å²) in [5.41, 5.74) is 1.32. The summed E-state index contributed by atoms with van der Waals surface area (Å²) in [5, 5.41) is 1.70. The SMILES string of the molecule is COc1ccc(Cl)cc1CC1(CBr)CCCOC1. The summed E-state index contributed by atoms with van der Waals surface area (Å²) >= 11 is 9.72. The van der Waals surface area contributed by atoms with Crippen molar-refractivity contribution in [1.82, 2.24) is 0 Å². The van der Waals surface area contributed by atoms with E-state index in [4.69, 9.17) is 21.1 Å². The molecule has 0 bridgehead atoms. The molecule has 1 heterocycles. The van der Waals surface area contributed by atoms with Crippen LogP contribution in [-0.4, -0.2) is 25.7 Å². The van der Waals surface area contributed by atoms with Gasteiger partial charge in [0.25, 0.3) is 0 Å². The van der Waals surface area contributed by atoms with Crippen molar-refractivity contribution < 1.29 is 9.47 Å². The van der Waals surface area contributed by atoms with Crippen LogP contribution in [0.15, 0.2) is 18.2 Å². The lowest BCUT2D eigenvalue weighted by atomic mass is 9.79. The first-order valence-electron chi connectivity index (χ1n) is 6.15. The van der Waals surface area contributed by atoms with Crippen molar-refractivity contribution >= 4 is 27.5 Å². The maximum absolute atomic E-state index is 6.08. The van der Waals surface area contributed by atoms with Crippen molar-refractivity contribution in [3.8, 4) is 5.75 Å². The van der Waals surface area contributed by atoms with Crippen LogP contribution >= 0.6 is 27.5 Å². The van der Waals surface area contributed by atoms with Crippen molar-refractivity contribution in [2.24, 2.45) is 5.41 Å². The molecule has 1 fully saturated rings. The molecule has 1 aromatic rings. The van der Waals surface area contributed by atoms with Gasteiger partial charge in [-0.1, -0.05) is 27.5 Å². The summed E-state index contributed by atoms with van der Waals surface area (Å²) in [6.45, 7) is 1.68. The molecule has 1 saturated heterocycles. The predicted molar refractivity (Wildman–Crippen MR) is 78.0 cm³/mol. The second-order valence-electron chi connectivity index (χ2n) is 4.92. The van der Waals surface area contributed by atoms with Gasteiger partial charge in [-0.25, -0.2) is 0 Å². The van der Waals surface area contributed by atoms with E-state index in [1.165, 1.54) is 6.42 Å². The minimum atomic E-state index is 0.163. The number of rotatable bonds is 4. The average Bonchev–Trinajstić information content (AvgIpc) is 2.40. The van der Waals surface area contributed by atoms with Crippen molar-refractivity contribution in [2.75, 3.05) is 25.7 Å². The normalized spacial score (nSPS) is 23.9. The summed E-state index contributed by atoms with van der Waals surface area (Å²) in [6.07, 6.45) is 3.23. The first-order valence-corrected chi connectivity index (χ1v) is 7.65. The molecule has 4 heteroatoms. The van der Waals surface area contributed by atoms with Crippen LogP contribution in [-0.2, 0) is 11.2 Å². The molecule has 1 aliphatic heterocycles. The maximum Gasteiger partial charge on any atom is 0.122 e. The minimum Gasteiger partial charge on any atom is -0.496 e. The van der Waals surface area contributed by atoms with Crippen LogP contribution < -0.4 is 4.74 Å². The third kappa shape index (κ3) is 3.19. The smallest absolute Gasteiger partial charge is 0.122 e. The number of methoxy groups -OCH3 is 1. The first kappa shape index (κ1) is 14.2. The van der Waals surface area contributed by atoms with E-state index in [1.807, 2.05) is 18.2 Å². The molecule has 2 rings (SSSR count). The standard InChI is InChI=1S/C14H18BrClO2/c1-17-13-4-3-12(16)7-11(13)8-14(9-15)5-2-6-18-10-14/h3-4,7H,2,5-6,8-10H2,1H3. The van der Waals surface area contributed by atoms with Gasteiger partial charge in [0.05, 0.1) is 13.7 Å². The monoisotopic (exact) mass is 332 g/mol. The van der Waals surface area contributed by atoms with E-state index in [9.17, 15) is 0 Å². The highest BCUT2D eigenvalue weighted by atomic mass is 79.9. The number of hydrogen-bond acceptors (Lipinski definition) is 2. The van der Waals surface area contributed by atoms with E-state index in [-0.39, 0.29) is 5.41 Å². The van der Waals surface area contributed by atoms with E-state index in [1.54, 1.807) is 7.11 Å². The Balaban J connectivity index is 2.23. The van der Waals surface area contributed by atoms with Crippen LogP contribution in [0, 0.1) is 5.41 Å². The van der Waals surface area contributed by atoms with Gasteiger partial charge in [-0.05, 0) is 43.0 Å². The number of ether oxygens (including phenoxy) is 2. The zero-order valence-corrected chi connectivity index (χ0v) is 12.9. The molecule has 0 amide bonds. The van der Waals surface area contributed by atoms with Crippen molar-refractivity contribution in [3.05, 3.63) is 28.8 Å². The van der Waals surface area contributed by atoms with Gasteiger partial charge < -0.3 is 9.47 Å². The zero-order valence-electron chi connectivity index (χ0n) is 10.5. The van der Waals surface area contributed by atoms with E-state index >= 15 is 0 Å². The van der Waals surface area contributed by atoms with Crippen molar-refractivity contribution in [3.63, 3.8) is 0 Å². The Hall–Kier alpha value is -0.250. The molecule has 0 aliphatic carbocycles. The zero-order chi connectivity index (χ0) is 13.0. The quantitative estimate of drug-likeness (QED) is 0.773. The Bertz CT molecular complexity index is 403. The fraction of sp³-hybridized carbons (Fsp3) is 0.571. The number of benzene rings is 1. The molecular formula is C14H18BrClO2. The van der Waals surface area contributed by atoms with Gasteiger partial charge in [0.1, 0.15) is 5.75 Å². The molecular weight excluding hydrogens is 316 g/mol. The van der Waals surface area contributed by atoms with E-state index in [2.05, 4.69) is 15.9 Å². The third-order valence-electron chi connectivity index (χ3n) is 3.50. The van der Waals surface area contributed by atoms with Crippen LogP contribution in [0.3, 0.4) is 0 Å². The average molecular weight is 334 g/mol. The lowest BCUT2D eigenvalue weighted by Crippen LogP contribution is -2.35. The van der Waals surface area contributed by atoms with E-state index in [0.29, 0.717) is 0 Å². The Morgan fingerprint density at radius 1 is 1.50 bits per heavy atom. The van der Waals surface area contributed by atoms with Gasteiger partial charge in [0.15, 0.2) is 0 Å². The molecule has 0 aromatic heterocycles. The fourth-order valence-electron chi connectivity index (χ4n) is 2.49. The second-order valence-corrected chi connectivity index (χ2v) is 5.92. The second kappa shape index (κ2) is 6.27. The van der Waals surface area contributed by atoms with Gasteiger partial charge >= 0.3 is 0 Å². The minimum absolute atomic E-state index is 0.163. The summed E-state index contributed by atoms with van der Waals surface area (Å²) in [5.74, 6) is 0.908. The van der Waals surface area contributed by atoms with Gasteiger partial charge in [-0.3, -0.25) is 0 Å². The molecule has 0 spiro atoms. The van der Waals surface area contributed by atoms with E-state index < -0.39 is 0 Å². The molecule has 1 atom stereocenters. The lowest BCUT2D eigenvalue weighted by molar-refractivity contribution is 0.00591. The molecule has 1 aromatic carbocycles. The highest BCUT2D eigenvalue weighted by Crippen LogP contribution is 2.37. The molecule has 0 radical (unpaired) electrons. The summed E-state index contributed by atoms with van der Waals surface area (Å²) in [4.78, 5) is 0. The van der Waals surface area contributed by atoms with Gasteiger partial charge in [-0.15, -0.1) is 0 Å². The number of hydrogen-bond donors (Lipinski definition) is 0. The van der Waals surface area contributed by atoms with Crippen LogP contribution in [0.5, 0.6) is 5.75 Å². The van der Waals surface area contributed by atoms with E-state index in [0.717, 1.165) is 47.7 Å². The van der Waals surface area contributed by atoms with Crippen LogP contribution in [0.2, 0.25) is 5.02 Å². The van der Waals surface area contributed by atoms with Gasteiger partial charge in [-0.2, -0.15) is 0 Å². The molecule has 100 valence electrons. The van der Waals surface area contributed by atoms with Crippen LogP contribution in [0.4, 0.5) is 0 Å². The molecule has 0 N–H and O–H groups in total. The molecule has 18 heavy (non-hydrogen) atoms. The molecule has 1 unspecified atom stereocenters. The van der Waals surface area contributed by atoms with Crippen molar-refractivity contribution in [2.45, 2.75) is 19.3 Å². The van der Waals surface area contributed by atoms with Crippen molar-refractivity contribution in [1.29, 1.82) is 0 Å². The molecule has 2 nitrogen and oxygen atoms in total. The largest absolute Gasteiger partial charge is 0.496 e. The van der Waals surface area contributed by atoms with Crippen LogP contribution in [0.25, 0.3) is 0 Å². The number of alkyl halides is 1. The highest BCUT2D eigenvalue weighted by Gasteiger charge is 2.33. The first-order chi connectivity index (χ1) is 8.69. The summed E-state index contributed by atoms with van der Waals surface area (Å²) < 4.78 is 11.1. The fourth-order valence-corrected chi connectivity index (χ4v) is 3.33. The molecule has 0 saturated carbocycles. The summed E-state index contributed by atoms with van der Waals surface area (Å²) in [7, 11) is 1.70. The van der Waals surface area contributed by atoms with Crippen LogP contribution in [0.1, 0.15) is 18.4 Å². The lowest BCUT2D eigenvalue weighted by Gasteiger charge is -2.36. The topological polar surface area (TPSA) is 18.5 Å². The Morgan fingerprint density at radius 3 is 2.94 bits per heavy atom. The molecule has 1 aliphatic rings. The predicted octanol–water partition coefficient (Wildman–Crippen LogP) is 4.08. The Morgan fingerprint density at radius 2 is 2.33 bits per heavy atom. The van der Waals surface area contributed by atoms with Gasteiger partial charge in [0.2, 0.25) is 0 Å². The highest BCUT2D eigenvalue weighted by molar-refractivity contribution is 9.09. The maximum atomic E-state index is 6.08. The Labute approximate surface area is 122 Å². The number of halogens is 2.